The molecule has 0 bridgehead atoms. The largest absolute Gasteiger partial charge is 0.416 e. The number of rotatable bonds is 8. The summed E-state index contributed by atoms with van der Waals surface area (Å²) in [6, 6.07) is 9.31. The topological polar surface area (TPSA) is 84.5 Å². The van der Waals surface area contributed by atoms with Gasteiger partial charge in [-0.3, -0.25) is 9.52 Å². The SMILES string of the molecule is COCCNC(=O)Cc1ccc(NS(=O)(=O)c2ccc(C(F)(F)F)cc2)cc1. The predicted molar refractivity (Wildman–Crippen MR) is 97.3 cm³/mol. The molecule has 2 rings (SSSR count). The molecule has 28 heavy (non-hydrogen) atoms. The van der Waals surface area contributed by atoms with E-state index in [1.165, 1.54) is 19.2 Å². The van der Waals surface area contributed by atoms with Gasteiger partial charge in [0.2, 0.25) is 5.91 Å². The molecule has 0 aliphatic rings. The van der Waals surface area contributed by atoms with Crippen LogP contribution in [0.1, 0.15) is 11.1 Å². The fourth-order valence-electron chi connectivity index (χ4n) is 2.27. The van der Waals surface area contributed by atoms with Crippen molar-refractivity contribution in [2.45, 2.75) is 17.5 Å². The molecule has 10 heteroatoms. The van der Waals surface area contributed by atoms with Crippen LogP contribution in [0.3, 0.4) is 0 Å². The summed E-state index contributed by atoms with van der Waals surface area (Å²) in [6.07, 6.45) is -4.42. The summed E-state index contributed by atoms with van der Waals surface area (Å²) in [6.45, 7) is 0.788. The number of sulfonamides is 1. The number of carbonyl (C=O) groups excluding carboxylic acids is 1. The molecule has 1 amide bonds. The van der Waals surface area contributed by atoms with Crippen molar-refractivity contribution < 1.29 is 31.1 Å². The molecule has 0 aliphatic carbocycles. The molecule has 0 saturated heterocycles. The number of amides is 1. The molecule has 0 aliphatic heterocycles. The van der Waals surface area contributed by atoms with Crippen molar-refractivity contribution in [2.75, 3.05) is 25.0 Å². The minimum Gasteiger partial charge on any atom is -0.383 e. The summed E-state index contributed by atoms with van der Waals surface area (Å²) < 4.78 is 69.5. The van der Waals surface area contributed by atoms with Gasteiger partial charge in [0.15, 0.2) is 0 Å². The molecular formula is C18H19F3N2O4S. The quantitative estimate of drug-likeness (QED) is 0.648. The summed E-state index contributed by atoms with van der Waals surface area (Å²) in [4.78, 5) is 11.4. The molecule has 0 heterocycles. The maximum absolute atomic E-state index is 12.6. The third kappa shape index (κ3) is 6.24. The highest BCUT2D eigenvalue weighted by atomic mass is 32.2. The monoisotopic (exact) mass is 416 g/mol. The van der Waals surface area contributed by atoms with Crippen LogP contribution in [0, 0.1) is 0 Å². The highest BCUT2D eigenvalue weighted by Gasteiger charge is 2.30. The van der Waals surface area contributed by atoms with Gasteiger partial charge in [-0.2, -0.15) is 13.2 Å². The Bertz CT molecular complexity index is 896. The zero-order valence-electron chi connectivity index (χ0n) is 14.9. The fourth-order valence-corrected chi connectivity index (χ4v) is 3.33. The minimum absolute atomic E-state index is 0.121. The van der Waals surface area contributed by atoms with Gasteiger partial charge in [-0.15, -0.1) is 0 Å². The number of anilines is 1. The molecule has 0 unspecified atom stereocenters. The number of hydrogen-bond acceptors (Lipinski definition) is 4. The lowest BCUT2D eigenvalue weighted by atomic mass is 10.1. The van der Waals surface area contributed by atoms with E-state index in [9.17, 15) is 26.4 Å². The maximum atomic E-state index is 12.6. The minimum atomic E-state index is -4.54. The molecule has 0 radical (unpaired) electrons. The van der Waals surface area contributed by atoms with Crippen LogP contribution in [0.4, 0.5) is 18.9 Å². The van der Waals surface area contributed by atoms with Gasteiger partial charge in [-0.25, -0.2) is 8.42 Å². The number of nitrogens with one attached hydrogen (secondary N) is 2. The molecule has 0 fully saturated rings. The van der Waals surface area contributed by atoms with Crippen LogP contribution in [0.25, 0.3) is 0 Å². The lowest BCUT2D eigenvalue weighted by Gasteiger charge is -2.11. The summed E-state index contributed by atoms with van der Waals surface area (Å²) in [5.74, 6) is -0.199. The van der Waals surface area contributed by atoms with E-state index in [-0.39, 0.29) is 22.9 Å². The third-order valence-electron chi connectivity index (χ3n) is 3.69. The Morgan fingerprint density at radius 2 is 1.64 bits per heavy atom. The molecule has 2 aromatic rings. The Kier molecular flexibility index (Phi) is 7.03. The van der Waals surface area contributed by atoms with Gasteiger partial charge >= 0.3 is 6.18 Å². The van der Waals surface area contributed by atoms with Gasteiger partial charge in [0.05, 0.1) is 23.5 Å². The molecule has 0 aromatic heterocycles. The predicted octanol–water partition coefficient (Wildman–Crippen LogP) is 2.81. The van der Waals surface area contributed by atoms with Crippen LogP contribution in [-0.2, 0) is 32.2 Å². The van der Waals surface area contributed by atoms with Crippen LogP contribution >= 0.6 is 0 Å². The van der Waals surface area contributed by atoms with E-state index < -0.39 is 21.8 Å². The molecule has 2 N–H and O–H groups in total. The zero-order chi connectivity index (χ0) is 20.8. The van der Waals surface area contributed by atoms with E-state index in [0.29, 0.717) is 30.8 Å². The van der Waals surface area contributed by atoms with Crippen molar-refractivity contribution in [3.63, 3.8) is 0 Å². The second kappa shape index (κ2) is 9.07. The molecule has 2 aromatic carbocycles. The zero-order valence-corrected chi connectivity index (χ0v) is 15.7. The van der Waals surface area contributed by atoms with Gasteiger partial charge in [0.1, 0.15) is 0 Å². The Morgan fingerprint density at radius 3 is 2.18 bits per heavy atom. The van der Waals surface area contributed by atoms with Crippen molar-refractivity contribution in [3.8, 4) is 0 Å². The van der Waals surface area contributed by atoms with E-state index in [4.69, 9.17) is 4.74 Å². The highest BCUT2D eigenvalue weighted by molar-refractivity contribution is 7.92. The van der Waals surface area contributed by atoms with Crippen molar-refractivity contribution in [2.24, 2.45) is 0 Å². The van der Waals surface area contributed by atoms with Gasteiger partial charge < -0.3 is 10.1 Å². The summed E-state index contributed by atoms with van der Waals surface area (Å²) in [5.41, 5.74) is -0.0320. The molecule has 0 saturated carbocycles. The summed E-state index contributed by atoms with van der Waals surface area (Å²) in [5, 5.41) is 2.67. The average molecular weight is 416 g/mol. The first-order valence-corrected chi connectivity index (χ1v) is 9.65. The Labute approximate surface area is 160 Å². The van der Waals surface area contributed by atoms with Crippen LogP contribution in [-0.4, -0.2) is 34.6 Å². The standard InChI is InChI=1S/C18H19F3N2O4S/c1-27-11-10-22-17(24)12-13-2-6-15(7-3-13)23-28(25,26)16-8-4-14(5-9-16)18(19,20)21/h2-9,23H,10-12H2,1H3,(H,22,24). The second-order valence-electron chi connectivity index (χ2n) is 5.84. The lowest BCUT2D eigenvalue weighted by molar-refractivity contribution is -0.137. The van der Waals surface area contributed by atoms with E-state index in [1.54, 1.807) is 12.1 Å². The van der Waals surface area contributed by atoms with Gasteiger partial charge in [0.25, 0.3) is 10.0 Å². The second-order valence-corrected chi connectivity index (χ2v) is 7.53. The van der Waals surface area contributed by atoms with Crippen LogP contribution in [0.2, 0.25) is 0 Å². The molecule has 0 atom stereocenters. The first kappa shape index (κ1) is 21.7. The number of hydrogen-bond donors (Lipinski definition) is 2. The van der Waals surface area contributed by atoms with Crippen LogP contribution in [0.15, 0.2) is 53.4 Å². The smallest absolute Gasteiger partial charge is 0.383 e. The molecule has 0 spiro atoms. The van der Waals surface area contributed by atoms with Crippen LogP contribution in [0.5, 0.6) is 0 Å². The van der Waals surface area contributed by atoms with Gasteiger partial charge in [-0.05, 0) is 42.0 Å². The van der Waals surface area contributed by atoms with E-state index in [1.807, 2.05) is 0 Å². The first-order valence-electron chi connectivity index (χ1n) is 8.16. The van der Waals surface area contributed by atoms with E-state index in [0.717, 1.165) is 12.1 Å². The van der Waals surface area contributed by atoms with Crippen LogP contribution < -0.4 is 10.0 Å². The molecular weight excluding hydrogens is 397 g/mol. The fraction of sp³-hybridized carbons (Fsp3) is 0.278. The van der Waals surface area contributed by atoms with E-state index >= 15 is 0 Å². The molecule has 6 nitrogen and oxygen atoms in total. The van der Waals surface area contributed by atoms with Crippen molar-refractivity contribution in [1.29, 1.82) is 0 Å². The number of halogens is 3. The Morgan fingerprint density at radius 1 is 1.04 bits per heavy atom. The van der Waals surface area contributed by atoms with E-state index in [2.05, 4.69) is 10.0 Å². The lowest BCUT2D eigenvalue weighted by Crippen LogP contribution is -2.28. The van der Waals surface area contributed by atoms with Gasteiger partial charge in [-0.1, -0.05) is 12.1 Å². The highest BCUT2D eigenvalue weighted by Crippen LogP contribution is 2.30. The maximum Gasteiger partial charge on any atom is 0.416 e. The van der Waals surface area contributed by atoms with Crippen molar-refractivity contribution in [1.82, 2.24) is 5.32 Å². The average Bonchev–Trinajstić information content (AvgIpc) is 2.63. The number of alkyl halides is 3. The Balaban J connectivity index is 2.01. The first-order chi connectivity index (χ1) is 13.1. The summed E-state index contributed by atoms with van der Waals surface area (Å²) >= 11 is 0. The summed E-state index contributed by atoms with van der Waals surface area (Å²) in [7, 11) is -2.51. The number of carbonyl (C=O) groups is 1. The Hall–Kier alpha value is -2.59. The number of benzene rings is 2. The molecule has 152 valence electrons. The van der Waals surface area contributed by atoms with Crippen molar-refractivity contribution in [3.05, 3.63) is 59.7 Å². The number of ether oxygens (including phenoxy) is 1. The third-order valence-corrected chi connectivity index (χ3v) is 5.09. The van der Waals surface area contributed by atoms with Gasteiger partial charge in [0, 0.05) is 19.3 Å². The number of methoxy groups -OCH3 is 1. The van der Waals surface area contributed by atoms with Crippen molar-refractivity contribution >= 4 is 21.6 Å². The normalized spacial score (nSPS) is 11.9.